The zero-order valence-corrected chi connectivity index (χ0v) is 12.0. The molecule has 2 N–H and O–H groups in total. The van der Waals surface area contributed by atoms with Gasteiger partial charge in [-0.25, -0.2) is 4.79 Å². The Kier molecular flexibility index (Phi) is 3.80. The summed E-state index contributed by atoms with van der Waals surface area (Å²) < 4.78 is 5.14. The van der Waals surface area contributed by atoms with Crippen LogP contribution in [0.4, 0.5) is 5.69 Å². The Labute approximate surface area is 121 Å². The van der Waals surface area contributed by atoms with Crippen molar-refractivity contribution in [2.75, 3.05) is 5.32 Å². The Bertz CT molecular complexity index is 683. The van der Waals surface area contributed by atoms with Crippen molar-refractivity contribution in [3.05, 3.63) is 47.3 Å². The molecule has 0 saturated heterocycles. The topological polar surface area (TPSA) is 92.4 Å². The summed E-state index contributed by atoms with van der Waals surface area (Å²) in [5.74, 6) is -0.897. The second kappa shape index (κ2) is 5.40. The number of rotatable bonds is 3. The van der Waals surface area contributed by atoms with Crippen LogP contribution in [0.3, 0.4) is 0 Å². The predicted molar refractivity (Wildman–Crippen MR) is 76.6 cm³/mol. The Balaban J connectivity index is 2.16. The lowest BCUT2D eigenvalue weighted by molar-refractivity contribution is 0.0696. The molecular formula is C15H16N2O4. The molecule has 6 heteroatoms. The first-order chi connectivity index (χ1) is 9.77. The Morgan fingerprint density at radius 3 is 2.52 bits per heavy atom. The van der Waals surface area contributed by atoms with E-state index in [-0.39, 0.29) is 16.7 Å². The minimum absolute atomic E-state index is 0.100. The van der Waals surface area contributed by atoms with Crippen molar-refractivity contribution in [3.63, 3.8) is 0 Å². The van der Waals surface area contributed by atoms with Crippen molar-refractivity contribution in [3.8, 4) is 0 Å². The molecule has 0 bridgehead atoms. The van der Waals surface area contributed by atoms with Gasteiger partial charge >= 0.3 is 5.97 Å². The summed E-state index contributed by atoms with van der Waals surface area (Å²) in [6.45, 7) is 5.85. The first kappa shape index (κ1) is 14.8. The SMILES string of the molecule is CC(C)(C)c1cc(C(=O)Nc2cccc(C(=O)O)c2)no1. The third-order valence-electron chi connectivity index (χ3n) is 2.85. The minimum Gasteiger partial charge on any atom is -0.478 e. The average molecular weight is 288 g/mol. The van der Waals surface area contributed by atoms with Gasteiger partial charge in [0, 0.05) is 17.2 Å². The van der Waals surface area contributed by atoms with Gasteiger partial charge in [0.1, 0.15) is 5.76 Å². The zero-order valence-electron chi connectivity index (χ0n) is 12.0. The highest BCUT2D eigenvalue weighted by Crippen LogP contribution is 2.23. The van der Waals surface area contributed by atoms with Crippen LogP contribution in [0.2, 0.25) is 0 Å². The maximum Gasteiger partial charge on any atom is 0.335 e. The number of nitrogens with zero attached hydrogens (tertiary/aromatic N) is 1. The molecular weight excluding hydrogens is 272 g/mol. The van der Waals surface area contributed by atoms with E-state index in [0.29, 0.717) is 11.4 Å². The van der Waals surface area contributed by atoms with E-state index in [2.05, 4.69) is 10.5 Å². The Morgan fingerprint density at radius 2 is 1.95 bits per heavy atom. The number of carboxylic acid groups (broad SMARTS) is 1. The Hall–Kier alpha value is -2.63. The fourth-order valence-corrected chi connectivity index (χ4v) is 1.66. The molecule has 0 fully saturated rings. The van der Waals surface area contributed by atoms with Crippen LogP contribution >= 0.6 is 0 Å². The molecule has 1 heterocycles. The lowest BCUT2D eigenvalue weighted by Crippen LogP contribution is -2.13. The third-order valence-corrected chi connectivity index (χ3v) is 2.85. The van der Waals surface area contributed by atoms with Crippen LogP contribution in [0.25, 0.3) is 0 Å². The summed E-state index contributed by atoms with van der Waals surface area (Å²) in [5, 5.41) is 15.2. The van der Waals surface area contributed by atoms with Gasteiger partial charge in [-0.05, 0) is 18.2 Å². The van der Waals surface area contributed by atoms with E-state index < -0.39 is 11.9 Å². The Morgan fingerprint density at radius 1 is 1.24 bits per heavy atom. The smallest absolute Gasteiger partial charge is 0.335 e. The maximum absolute atomic E-state index is 12.1. The van der Waals surface area contributed by atoms with Gasteiger partial charge in [-0.3, -0.25) is 4.79 Å². The molecule has 21 heavy (non-hydrogen) atoms. The van der Waals surface area contributed by atoms with Crippen molar-refractivity contribution in [1.82, 2.24) is 5.16 Å². The molecule has 0 unspecified atom stereocenters. The standard InChI is InChI=1S/C15H16N2O4/c1-15(2,3)12-8-11(17-21-12)13(18)16-10-6-4-5-9(7-10)14(19)20/h4-8H,1-3H3,(H,16,18)(H,19,20). The number of hydrogen-bond donors (Lipinski definition) is 2. The number of hydrogen-bond acceptors (Lipinski definition) is 4. The van der Waals surface area contributed by atoms with Crippen LogP contribution in [0, 0.1) is 0 Å². The number of benzene rings is 1. The molecule has 0 aliphatic rings. The van der Waals surface area contributed by atoms with E-state index in [1.54, 1.807) is 18.2 Å². The van der Waals surface area contributed by atoms with E-state index in [0.717, 1.165) is 0 Å². The summed E-state index contributed by atoms with van der Waals surface area (Å²) in [4.78, 5) is 22.9. The van der Waals surface area contributed by atoms with Crippen LogP contribution < -0.4 is 5.32 Å². The van der Waals surface area contributed by atoms with Gasteiger partial charge in [0.2, 0.25) is 0 Å². The second-order valence-electron chi connectivity index (χ2n) is 5.67. The van der Waals surface area contributed by atoms with Crippen LogP contribution in [0.1, 0.15) is 47.4 Å². The highest BCUT2D eigenvalue weighted by molar-refractivity contribution is 6.03. The monoisotopic (exact) mass is 288 g/mol. The molecule has 0 saturated carbocycles. The van der Waals surface area contributed by atoms with Gasteiger partial charge in [-0.2, -0.15) is 0 Å². The van der Waals surface area contributed by atoms with Crippen molar-refractivity contribution in [1.29, 1.82) is 0 Å². The first-order valence-corrected chi connectivity index (χ1v) is 6.39. The minimum atomic E-state index is -1.05. The summed E-state index contributed by atoms with van der Waals surface area (Å²) in [5.41, 5.74) is 0.401. The number of aromatic carboxylic acids is 1. The molecule has 0 spiro atoms. The van der Waals surface area contributed by atoms with E-state index in [1.807, 2.05) is 20.8 Å². The molecule has 0 aliphatic carbocycles. The molecule has 0 radical (unpaired) electrons. The highest BCUT2D eigenvalue weighted by Gasteiger charge is 2.22. The van der Waals surface area contributed by atoms with Gasteiger partial charge in [-0.15, -0.1) is 0 Å². The normalized spacial score (nSPS) is 11.2. The molecule has 1 aromatic heterocycles. The molecule has 6 nitrogen and oxygen atoms in total. The fraction of sp³-hybridized carbons (Fsp3) is 0.267. The van der Waals surface area contributed by atoms with Gasteiger partial charge < -0.3 is 14.9 Å². The number of amides is 1. The van der Waals surface area contributed by atoms with Crippen molar-refractivity contribution >= 4 is 17.6 Å². The summed E-state index contributed by atoms with van der Waals surface area (Å²) in [6.07, 6.45) is 0. The zero-order chi connectivity index (χ0) is 15.6. The van der Waals surface area contributed by atoms with Gasteiger partial charge in [0.05, 0.1) is 5.56 Å². The molecule has 0 aliphatic heterocycles. The van der Waals surface area contributed by atoms with Gasteiger partial charge in [0.15, 0.2) is 5.69 Å². The number of nitrogens with one attached hydrogen (secondary N) is 1. The summed E-state index contributed by atoms with van der Waals surface area (Å²) >= 11 is 0. The van der Waals surface area contributed by atoms with E-state index in [1.165, 1.54) is 12.1 Å². The van der Waals surface area contributed by atoms with Crippen molar-refractivity contribution in [2.45, 2.75) is 26.2 Å². The maximum atomic E-state index is 12.1. The van der Waals surface area contributed by atoms with Crippen molar-refractivity contribution < 1.29 is 19.2 Å². The molecule has 110 valence electrons. The fourth-order valence-electron chi connectivity index (χ4n) is 1.66. The quantitative estimate of drug-likeness (QED) is 0.905. The van der Waals surface area contributed by atoms with E-state index in [4.69, 9.17) is 9.63 Å². The second-order valence-corrected chi connectivity index (χ2v) is 5.67. The number of aromatic nitrogens is 1. The first-order valence-electron chi connectivity index (χ1n) is 6.39. The van der Waals surface area contributed by atoms with E-state index in [9.17, 15) is 9.59 Å². The number of carbonyl (C=O) groups excluding carboxylic acids is 1. The van der Waals surface area contributed by atoms with Crippen LogP contribution in [0.15, 0.2) is 34.9 Å². The number of anilines is 1. The predicted octanol–water partition coefficient (Wildman–Crippen LogP) is 2.92. The molecule has 0 atom stereocenters. The summed E-state index contributed by atoms with van der Waals surface area (Å²) in [6, 6.07) is 7.57. The number of carboxylic acids is 1. The molecule has 1 amide bonds. The average Bonchev–Trinajstić information content (AvgIpc) is 2.88. The lowest BCUT2D eigenvalue weighted by Gasteiger charge is -2.12. The molecule has 2 rings (SSSR count). The largest absolute Gasteiger partial charge is 0.478 e. The summed E-state index contributed by atoms with van der Waals surface area (Å²) in [7, 11) is 0. The van der Waals surface area contributed by atoms with Crippen LogP contribution in [0.5, 0.6) is 0 Å². The van der Waals surface area contributed by atoms with Crippen LogP contribution in [-0.4, -0.2) is 22.1 Å². The molecule has 1 aromatic carbocycles. The highest BCUT2D eigenvalue weighted by atomic mass is 16.5. The molecule has 2 aromatic rings. The van der Waals surface area contributed by atoms with E-state index >= 15 is 0 Å². The van der Waals surface area contributed by atoms with Gasteiger partial charge in [-0.1, -0.05) is 32.0 Å². The lowest BCUT2D eigenvalue weighted by atomic mass is 9.93. The van der Waals surface area contributed by atoms with Gasteiger partial charge in [0.25, 0.3) is 5.91 Å². The third kappa shape index (κ3) is 3.47. The van der Waals surface area contributed by atoms with Crippen LogP contribution in [-0.2, 0) is 5.41 Å². The number of carbonyl (C=O) groups is 2. The van der Waals surface area contributed by atoms with Crippen molar-refractivity contribution in [2.24, 2.45) is 0 Å².